The van der Waals surface area contributed by atoms with E-state index < -0.39 is 53.7 Å². The summed E-state index contributed by atoms with van der Waals surface area (Å²) in [6.45, 7) is 6.99. The van der Waals surface area contributed by atoms with Gasteiger partial charge in [0.1, 0.15) is 11.4 Å². The van der Waals surface area contributed by atoms with Crippen LogP contribution in [0, 0.1) is 0 Å². The molecule has 7 nitrogen and oxygen atoms in total. The molecule has 27 heavy (non-hydrogen) atoms. The van der Waals surface area contributed by atoms with Crippen molar-refractivity contribution in [2.45, 2.75) is 36.1 Å². The number of hydrogen-bond donors (Lipinski definition) is 1. The molecule has 1 N–H and O–H groups in total. The Bertz CT molecular complexity index is 798. The van der Waals surface area contributed by atoms with E-state index in [1.807, 2.05) is 13.3 Å². The molecule has 2 aliphatic rings. The van der Waals surface area contributed by atoms with Crippen molar-refractivity contribution in [2.24, 2.45) is 0 Å². The summed E-state index contributed by atoms with van der Waals surface area (Å²) in [6.07, 6.45) is 0. The maximum absolute atomic E-state index is 12.9. The molecule has 1 aromatic rings. The van der Waals surface area contributed by atoms with Crippen molar-refractivity contribution >= 4 is 36.5 Å². The summed E-state index contributed by atoms with van der Waals surface area (Å²) in [5.41, 5.74) is 0.447. The molecule has 2 aliphatic heterocycles. The molecule has 0 saturated carbocycles. The third-order valence-electron chi connectivity index (χ3n) is 4.86. The van der Waals surface area contributed by atoms with Gasteiger partial charge in [0.05, 0.1) is 36.9 Å². The molecule has 146 valence electrons. The summed E-state index contributed by atoms with van der Waals surface area (Å²) in [7, 11) is -2.32. The highest BCUT2D eigenvalue weighted by Crippen LogP contribution is 2.45. The van der Waals surface area contributed by atoms with E-state index in [1.165, 1.54) is 4.90 Å². The molecule has 1 unspecified atom stereocenters. The fraction of sp³-hybridized carbons (Fsp3) is 0.500. The monoisotopic (exact) mass is 411 g/mol. The Morgan fingerprint density at radius 2 is 1.89 bits per heavy atom. The number of carbonyl (C=O) groups is 3. The number of β-lactam (4-membered cyclic amide) rings is 1. The van der Waals surface area contributed by atoms with E-state index in [-0.39, 0.29) is 11.7 Å². The van der Waals surface area contributed by atoms with Gasteiger partial charge in [0.2, 0.25) is 5.91 Å². The van der Waals surface area contributed by atoms with Crippen LogP contribution in [0.15, 0.2) is 30.3 Å². The Hall–Kier alpha value is -1.63. The summed E-state index contributed by atoms with van der Waals surface area (Å²) in [5.74, 6) is -1.25. The number of nitrogens with one attached hydrogen (secondary N) is 1. The molecule has 0 bridgehead atoms. The Balaban J connectivity index is 1.72. The van der Waals surface area contributed by atoms with Gasteiger partial charge in [-0.1, -0.05) is 30.3 Å². The predicted molar refractivity (Wildman–Crippen MR) is 105 cm³/mol. The van der Waals surface area contributed by atoms with Crippen molar-refractivity contribution < 1.29 is 23.3 Å². The fourth-order valence-electron chi connectivity index (χ4n) is 3.51. The lowest BCUT2D eigenvalue weighted by Gasteiger charge is -2.42. The van der Waals surface area contributed by atoms with Crippen LogP contribution in [0.3, 0.4) is 0 Å². The second kappa shape index (κ2) is 7.41. The van der Waals surface area contributed by atoms with Crippen LogP contribution in [0.5, 0.6) is 0 Å². The summed E-state index contributed by atoms with van der Waals surface area (Å²) in [5, 5.41) is 2.68. The number of carbonyl (C=O) groups excluding carboxylic acids is 3. The van der Waals surface area contributed by atoms with Crippen LogP contribution in [-0.2, 0) is 25.1 Å². The number of hydrogen-bond acceptors (Lipinski definition) is 6. The van der Waals surface area contributed by atoms with Crippen LogP contribution in [-0.4, -0.2) is 68.9 Å². The summed E-state index contributed by atoms with van der Waals surface area (Å²) in [6, 6.07) is 7.06. The molecule has 2 saturated heterocycles. The molecule has 4 atom stereocenters. The lowest BCUT2D eigenvalue weighted by molar-refractivity contribution is -0.162. The van der Waals surface area contributed by atoms with E-state index in [1.54, 1.807) is 44.2 Å². The highest BCUT2D eigenvalue weighted by Gasteiger charge is 2.68. The summed E-state index contributed by atoms with van der Waals surface area (Å²) < 4.78 is 17.2. The van der Waals surface area contributed by atoms with Gasteiger partial charge >= 0.3 is 5.97 Å². The smallest absolute Gasteiger partial charge is 0.330 e. The summed E-state index contributed by atoms with van der Waals surface area (Å²) >= 11 is 0. The van der Waals surface area contributed by atoms with E-state index in [4.69, 9.17) is 4.74 Å². The molecular formula is C18H24N2O5PS+. The number of ether oxygens (including phenoxy) is 1. The van der Waals surface area contributed by atoms with Gasteiger partial charge in [-0.3, -0.25) is 13.8 Å². The van der Waals surface area contributed by atoms with E-state index >= 15 is 0 Å². The Kier molecular flexibility index (Phi) is 5.52. The van der Waals surface area contributed by atoms with Crippen molar-refractivity contribution in [1.82, 2.24) is 9.99 Å². The molecule has 3 rings (SSSR count). The average molecular weight is 411 g/mol. The molecule has 0 aromatic heterocycles. The molecule has 1 aromatic carbocycles. The molecular weight excluding hydrogens is 387 g/mol. The van der Waals surface area contributed by atoms with Gasteiger partial charge in [-0.05, 0) is 13.8 Å². The lowest BCUT2D eigenvalue weighted by atomic mass is 9.96. The molecule has 1 amide bonds. The Labute approximate surface area is 162 Å². The number of benzene rings is 1. The van der Waals surface area contributed by atoms with Gasteiger partial charge in [0.15, 0.2) is 18.4 Å². The van der Waals surface area contributed by atoms with Gasteiger partial charge in [0.25, 0.3) is 0 Å². The highest BCUT2D eigenvalue weighted by atomic mass is 32.2. The van der Waals surface area contributed by atoms with E-state index in [2.05, 4.69) is 5.09 Å². The first-order valence-electron chi connectivity index (χ1n) is 8.70. The van der Waals surface area contributed by atoms with Gasteiger partial charge in [-0.15, -0.1) is 0 Å². The molecule has 2 fully saturated rings. The van der Waals surface area contributed by atoms with Crippen LogP contribution in [0.2, 0.25) is 0 Å². The Morgan fingerprint density at radius 3 is 2.48 bits per heavy atom. The van der Waals surface area contributed by atoms with Crippen LogP contribution in [0.4, 0.5) is 0 Å². The first-order valence-corrected chi connectivity index (χ1v) is 12.4. The topological polar surface area (TPSA) is 92.8 Å². The lowest BCUT2D eigenvalue weighted by Crippen LogP contribution is -2.70. The number of Topliss-reactive ketones (excluding diaryl/α,β-unsaturated/α-hetero) is 1. The summed E-state index contributed by atoms with van der Waals surface area (Å²) in [4.78, 5) is 38.8. The van der Waals surface area contributed by atoms with E-state index in [9.17, 15) is 18.6 Å². The zero-order valence-corrected chi connectivity index (χ0v) is 17.5. The molecule has 0 radical (unpaired) electrons. The van der Waals surface area contributed by atoms with Gasteiger partial charge in [-0.2, -0.15) is 5.09 Å². The number of amides is 1. The van der Waals surface area contributed by atoms with Gasteiger partial charge in [-0.25, -0.2) is 4.79 Å². The minimum absolute atomic E-state index is 0.235. The minimum atomic E-state index is -1.42. The standard InChI is InChI=1S/C18H23N2O5PS/c1-18(2)14(17(23)25-10-12(21)11-8-6-5-7-9-11)20-15(22)13(19-26(3)4)16(20)27(18)24/h5-9,13-14,16,19H,10H2,1-4H3/p+1/t13-,14+,16-,27?/m1/s1. The van der Waals surface area contributed by atoms with E-state index in [0.717, 1.165) is 0 Å². The second-order valence-corrected chi connectivity index (χ2v) is 11.9. The van der Waals surface area contributed by atoms with Gasteiger partial charge < -0.3 is 9.64 Å². The van der Waals surface area contributed by atoms with Crippen LogP contribution in [0.25, 0.3) is 0 Å². The average Bonchev–Trinajstić information content (AvgIpc) is 2.82. The molecule has 9 heteroatoms. The number of nitrogens with zero attached hydrogens (tertiary/aromatic N) is 1. The fourth-order valence-corrected chi connectivity index (χ4v) is 6.45. The Morgan fingerprint density at radius 1 is 1.26 bits per heavy atom. The number of ketones is 1. The van der Waals surface area contributed by atoms with Crippen LogP contribution in [0.1, 0.15) is 24.2 Å². The highest BCUT2D eigenvalue weighted by molar-refractivity contribution is 7.87. The van der Waals surface area contributed by atoms with Crippen molar-refractivity contribution in [3.05, 3.63) is 35.9 Å². The number of esters is 1. The first kappa shape index (κ1) is 20.1. The third-order valence-corrected chi connectivity index (χ3v) is 7.95. The van der Waals surface area contributed by atoms with E-state index in [0.29, 0.717) is 5.56 Å². The SMILES string of the molecule is C[PH+](C)N[C@@H]1C(=O)N2[C@@H]1S(=O)C(C)(C)[C@@H]2C(=O)OCC(=O)c1ccccc1. The van der Waals surface area contributed by atoms with Crippen molar-refractivity contribution in [3.8, 4) is 0 Å². The molecule has 2 heterocycles. The second-order valence-electron chi connectivity index (χ2n) is 7.46. The van der Waals surface area contributed by atoms with Crippen molar-refractivity contribution in [2.75, 3.05) is 19.9 Å². The van der Waals surface area contributed by atoms with Crippen molar-refractivity contribution in [1.29, 1.82) is 0 Å². The molecule has 0 aliphatic carbocycles. The normalized spacial score (nSPS) is 28.6. The third kappa shape index (κ3) is 3.46. The first-order chi connectivity index (χ1) is 12.7. The number of rotatable bonds is 6. The zero-order chi connectivity index (χ0) is 19.9. The quantitative estimate of drug-likeness (QED) is 0.323. The van der Waals surface area contributed by atoms with Crippen molar-refractivity contribution in [3.63, 3.8) is 0 Å². The minimum Gasteiger partial charge on any atom is -0.456 e. The van der Waals surface area contributed by atoms with Gasteiger partial charge in [0, 0.05) is 5.56 Å². The predicted octanol–water partition coefficient (Wildman–Crippen LogP) is 0.837. The number of fused-ring (bicyclic) bond motifs is 1. The van der Waals surface area contributed by atoms with Crippen LogP contribution >= 0.6 is 8.07 Å². The maximum Gasteiger partial charge on any atom is 0.330 e. The molecule has 0 spiro atoms. The largest absolute Gasteiger partial charge is 0.456 e. The maximum atomic E-state index is 12.9. The zero-order valence-electron chi connectivity index (χ0n) is 15.7. The van der Waals surface area contributed by atoms with Crippen LogP contribution < -0.4 is 5.09 Å².